The molecule has 0 radical (unpaired) electrons. The number of aromatic nitrogens is 4. The van der Waals surface area contributed by atoms with Crippen LogP contribution in [0.15, 0.2) is 6.33 Å². The van der Waals surface area contributed by atoms with E-state index in [0.717, 1.165) is 41.1 Å². The largest absolute Gasteiger partial charge is 0.396 e. The van der Waals surface area contributed by atoms with Crippen molar-refractivity contribution in [3.05, 3.63) is 22.6 Å². The van der Waals surface area contributed by atoms with Crippen LogP contribution < -0.4 is 5.32 Å². The molecular formula is C16H21N5O2S. The highest BCUT2D eigenvalue weighted by atomic mass is 32.1. The molecule has 4 rings (SSSR count). The molecule has 7 nitrogen and oxygen atoms in total. The van der Waals surface area contributed by atoms with Crippen LogP contribution in [-0.4, -0.2) is 43.4 Å². The molecule has 1 aliphatic rings. The van der Waals surface area contributed by atoms with Crippen molar-refractivity contribution < 1.29 is 9.84 Å². The molecule has 2 N–H and O–H groups in total. The van der Waals surface area contributed by atoms with Crippen LogP contribution in [0, 0.1) is 0 Å². The Balaban J connectivity index is 1.74. The second kappa shape index (κ2) is 6.03. The van der Waals surface area contributed by atoms with Gasteiger partial charge in [0.25, 0.3) is 0 Å². The standard InChI is InChI=1S/C16H21N5O2S/c1-16(2)6-10-11(8-23-16)24-15-13(10)14-19-12(7-17-4-3-5-22)20-21(14)9-18-15/h9,17,22H,3-8H2,1-2H3. The number of ether oxygens (including phenoxy) is 1. The molecule has 0 saturated carbocycles. The van der Waals surface area contributed by atoms with Crippen LogP contribution in [0.3, 0.4) is 0 Å². The van der Waals surface area contributed by atoms with Crippen LogP contribution in [0.1, 0.15) is 36.5 Å². The van der Waals surface area contributed by atoms with E-state index in [1.54, 1.807) is 22.2 Å². The quantitative estimate of drug-likeness (QED) is 0.683. The number of nitrogens with zero attached hydrogens (tertiary/aromatic N) is 4. The normalized spacial score (nSPS) is 16.8. The summed E-state index contributed by atoms with van der Waals surface area (Å²) in [7, 11) is 0. The first-order valence-electron chi connectivity index (χ1n) is 8.17. The maximum atomic E-state index is 8.83. The van der Waals surface area contributed by atoms with Crippen molar-refractivity contribution in [3.8, 4) is 0 Å². The monoisotopic (exact) mass is 347 g/mol. The van der Waals surface area contributed by atoms with Crippen molar-refractivity contribution in [1.82, 2.24) is 24.9 Å². The van der Waals surface area contributed by atoms with Gasteiger partial charge in [-0.1, -0.05) is 0 Å². The molecule has 0 aliphatic carbocycles. The molecule has 0 atom stereocenters. The summed E-state index contributed by atoms with van der Waals surface area (Å²) in [6.07, 6.45) is 3.32. The number of aliphatic hydroxyl groups excluding tert-OH is 1. The van der Waals surface area contributed by atoms with Gasteiger partial charge in [0.05, 0.1) is 24.1 Å². The first kappa shape index (κ1) is 15.9. The molecule has 4 heterocycles. The fraction of sp³-hybridized carbons (Fsp3) is 0.562. The summed E-state index contributed by atoms with van der Waals surface area (Å²) in [5.74, 6) is 0.744. The number of hydrogen-bond acceptors (Lipinski definition) is 7. The molecule has 0 unspecified atom stereocenters. The van der Waals surface area contributed by atoms with E-state index in [0.29, 0.717) is 13.2 Å². The Morgan fingerprint density at radius 1 is 1.46 bits per heavy atom. The zero-order valence-corrected chi connectivity index (χ0v) is 14.7. The molecule has 0 aromatic carbocycles. The highest BCUT2D eigenvalue weighted by molar-refractivity contribution is 7.19. The van der Waals surface area contributed by atoms with Crippen LogP contribution in [-0.2, 0) is 24.3 Å². The highest BCUT2D eigenvalue weighted by Gasteiger charge is 2.30. The summed E-state index contributed by atoms with van der Waals surface area (Å²) < 4.78 is 7.69. The number of nitrogens with one attached hydrogen (secondary N) is 1. The van der Waals surface area contributed by atoms with Crippen LogP contribution >= 0.6 is 11.3 Å². The first-order chi connectivity index (χ1) is 11.6. The van der Waals surface area contributed by atoms with Gasteiger partial charge in [-0.25, -0.2) is 14.5 Å². The number of aliphatic hydroxyl groups is 1. The smallest absolute Gasteiger partial charge is 0.168 e. The van der Waals surface area contributed by atoms with E-state index in [4.69, 9.17) is 14.8 Å². The van der Waals surface area contributed by atoms with Gasteiger partial charge in [-0.2, -0.15) is 0 Å². The average Bonchev–Trinajstić information content (AvgIpc) is 3.10. The minimum atomic E-state index is -0.164. The molecule has 24 heavy (non-hydrogen) atoms. The van der Waals surface area contributed by atoms with Gasteiger partial charge in [0.1, 0.15) is 11.2 Å². The molecular weight excluding hydrogens is 326 g/mol. The molecule has 0 fully saturated rings. The molecule has 128 valence electrons. The SMILES string of the molecule is CC1(C)Cc2c(sc3ncn4nc(CNCCCO)nc4c23)CO1. The molecule has 0 spiro atoms. The third-order valence-electron chi connectivity index (χ3n) is 4.25. The van der Waals surface area contributed by atoms with Crippen molar-refractivity contribution in [2.24, 2.45) is 0 Å². The predicted octanol–water partition coefficient (Wildman–Crippen LogP) is 1.66. The van der Waals surface area contributed by atoms with Crippen molar-refractivity contribution in [1.29, 1.82) is 0 Å². The lowest BCUT2D eigenvalue weighted by Gasteiger charge is -2.30. The van der Waals surface area contributed by atoms with Crippen molar-refractivity contribution >= 4 is 27.2 Å². The minimum absolute atomic E-state index is 0.164. The topological polar surface area (TPSA) is 84.6 Å². The first-order valence-corrected chi connectivity index (χ1v) is 8.99. The van der Waals surface area contributed by atoms with Gasteiger partial charge in [-0.15, -0.1) is 16.4 Å². The van der Waals surface area contributed by atoms with E-state index in [-0.39, 0.29) is 12.2 Å². The lowest BCUT2D eigenvalue weighted by molar-refractivity contribution is -0.0379. The molecule has 3 aromatic heterocycles. The second-order valence-corrected chi connectivity index (χ2v) is 7.79. The fourth-order valence-electron chi connectivity index (χ4n) is 3.07. The molecule has 0 amide bonds. The Morgan fingerprint density at radius 3 is 3.17 bits per heavy atom. The summed E-state index contributed by atoms with van der Waals surface area (Å²) in [6.45, 7) is 6.40. The van der Waals surface area contributed by atoms with Gasteiger partial charge in [0.2, 0.25) is 0 Å². The fourth-order valence-corrected chi connectivity index (χ4v) is 4.13. The highest BCUT2D eigenvalue weighted by Crippen LogP contribution is 2.39. The van der Waals surface area contributed by atoms with E-state index in [1.807, 2.05) is 0 Å². The molecule has 8 heteroatoms. The van der Waals surface area contributed by atoms with Gasteiger partial charge in [-0.05, 0) is 32.4 Å². The zero-order chi connectivity index (χ0) is 16.7. The van der Waals surface area contributed by atoms with Crippen LogP contribution in [0.4, 0.5) is 0 Å². The molecule has 1 aliphatic heterocycles. The summed E-state index contributed by atoms with van der Waals surface area (Å²) in [5, 5.41) is 17.7. The minimum Gasteiger partial charge on any atom is -0.396 e. The number of fused-ring (bicyclic) bond motifs is 5. The summed E-state index contributed by atoms with van der Waals surface area (Å²) >= 11 is 1.69. The number of hydrogen-bond donors (Lipinski definition) is 2. The van der Waals surface area contributed by atoms with Crippen LogP contribution in [0.25, 0.3) is 15.9 Å². The van der Waals surface area contributed by atoms with Gasteiger partial charge in [0.15, 0.2) is 11.5 Å². The van der Waals surface area contributed by atoms with E-state index < -0.39 is 0 Å². The Hall–Kier alpha value is -1.61. The van der Waals surface area contributed by atoms with Crippen LogP contribution in [0.2, 0.25) is 0 Å². The maximum absolute atomic E-state index is 8.83. The van der Waals surface area contributed by atoms with Crippen molar-refractivity contribution in [2.45, 2.75) is 45.4 Å². The molecule has 0 bridgehead atoms. The van der Waals surface area contributed by atoms with Crippen LogP contribution in [0.5, 0.6) is 0 Å². The Morgan fingerprint density at radius 2 is 2.33 bits per heavy atom. The second-order valence-electron chi connectivity index (χ2n) is 6.70. The summed E-state index contributed by atoms with van der Waals surface area (Å²) in [5.41, 5.74) is 2.01. The molecule has 3 aromatic rings. The third-order valence-corrected chi connectivity index (χ3v) is 5.36. The maximum Gasteiger partial charge on any atom is 0.168 e. The Labute approximate surface area is 143 Å². The third kappa shape index (κ3) is 2.79. The zero-order valence-electron chi connectivity index (χ0n) is 13.9. The van der Waals surface area contributed by atoms with Gasteiger partial charge >= 0.3 is 0 Å². The Bertz CT molecular complexity index is 885. The van der Waals surface area contributed by atoms with E-state index >= 15 is 0 Å². The summed E-state index contributed by atoms with van der Waals surface area (Å²) in [4.78, 5) is 11.5. The van der Waals surface area contributed by atoms with E-state index in [9.17, 15) is 0 Å². The number of thiophene rings is 1. The lowest BCUT2D eigenvalue weighted by Crippen LogP contribution is -2.31. The van der Waals surface area contributed by atoms with E-state index in [2.05, 4.69) is 29.2 Å². The van der Waals surface area contributed by atoms with Gasteiger partial charge in [-0.3, -0.25) is 0 Å². The van der Waals surface area contributed by atoms with Gasteiger partial charge < -0.3 is 15.2 Å². The van der Waals surface area contributed by atoms with E-state index in [1.165, 1.54) is 10.4 Å². The molecule has 0 saturated heterocycles. The van der Waals surface area contributed by atoms with Gasteiger partial charge in [0, 0.05) is 17.9 Å². The predicted molar refractivity (Wildman–Crippen MR) is 92.1 cm³/mol. The number of rotatable bonds is 5. The van der Waals surface area contributed by atoms with Crippen molar-refractivity contribution in [3.63, 3.8) is 0 Å². The lowest BCUT2D eigenvalue weighted by atomic mass is 9.94. The Kier molecular flexibility index (Phi) is 4.00. The van der Waals surface area contributed by atoms with Crippen molar-refractivity contribution in [2.75, 3.05) is 13.2 Å². The average molecular weight is 347 g/mol. The summed E-state index contributed by atoms with van der Waals surface area (Å²) in [6, 6.07) is 0.